The molecular formula is C10H15N3O3S. The standard InChI is InChI=1S/C10H15N3O3S/c1-4-16-9(15)7-6(3)17-10(13-7)12-5(2)8(11)14/h5H,4H2,1-3H3,(H2,11,14)(H,12,13). The van der Waals surface area contributed by atoms with E-state index in [1.54, 1.807) is 20.8 Å². The van der Waals surface area contributed by atoms with Gasteiger partial charge in [-0.15, -0.1) is 11.3 Å². The first-order chi connectivity index (χ1) is 7.95. The first kappa shape index (κ1) is 13.4. The first-order valence-corrected chi connectivity index (χ1v) is 5.97. The number of carbonyl (C=O) groups is 2. The highest BCUT2D eigenvalue weighted by molar-refractivity contribution is 7.15. The van der Waals surface area contributed by atoms with Gasteiger partial charge in [0.1, 0.15) is 6.04 Å². The van der Waals surface area contributed by atoms with E-state index in [-0.39, 0.29) is 5.69 Å². The lowest BCUT2D eigenvalue weighted by atomic mass is 10.3. The normalized spacial score (nSPS) is 11.9. The van der Waals surface area contributed by atoms with Crippen LogP contribution < -0.4 is 11.1 Å². The number of anilines is 1. The van der Waals surface area contributed by atoms with Gasteiger partial charge in [0, 0.05) is 4.88 Å². The Morgan fingerprint density at radius 3 is 2.76 bits per heavy atom. The molecular weight excluding hydrogens is 242 g/mol. The average molecular weight is 257 g/mol. The summed E-state index contributed by atoms with van der Waals surface area (Å²) in [5.74, 6) is -0.934. The monoisotopic (exact) mass is 257 g/mol. The van der Waals surface area contributed by atoms with Gasteiger partial charge in [-0.3, -0.25) is 4.79 Å². The summed E-state index contributed by atoms with van der Waals surface area (Å²) < 4.78 is 4.86. The quantitative estimate of drug-likeness (QED) is 0.765. The van der Waals surface area contributed by atoms with Crippen LogP contribution in [0.2, 0.25) is 0 Å². The van der Waals surface area contributed by atoms with E-state index >= 15 is 0 Å². The van der Waals surface area contributed by atoms with Crippen LogP contribution in [0.4, 0.5) is 5.13 Å². The molecule has 0 aliphatic carbocycles. The molecule has 1 aromatic rings. The second kappa shape index (κ2) is 5.62. The topological polar surface area (TPSA) is 94.3 Å². The lowest BCUT2D eigenvalue weighted by Crippen LogP contribution is -2.32. The van der Waals surface area contributed by atoms with Gasteiger partial charge in [-0.2, -0.15) is 0 Å². The van der Waals surface area contributed by atoms with Crippen molar-refractivity contribution < 1.29 is 14.3 Å². The van der Waals surface area contributed by atoms with Crippen LogP contribution in [0.3, 0.4) is 0 Å². The molecule has 1 heterocycles. The minimum absolute atomic E-state index is 0.274. The summed E-state index contributed by atoms with van der Waals surface area (Å²) in [6.45, 7) is 5.43. The molecule has 6 nitrogen and oxygen atoms in total. The molecule has 3 N–H and O–H groups in total. The van der Waals surface area contributed by atoms with Crippen molar-refractivity contribution in [1.29, 1.82) is 0 Å². The van der Waals surface area contributed by atoms with Crippen molar-refractivity contribution in [2.45, 2.75) is 26.8 Å². The molecule has 17 heavy (non-hydrogen) atoms. The zero-order valence-electron chi connectivity index (χ0n) is 9.94. The third kappa shape index (κ3) is 3.42. The number of esters is 1. The zero-order valence-corrected chi connectivity index (χ0v) is 10.8. The van der Waals surface area contributed by atoms with Crippen LogP contribution in [0.5, 0.6) is 0 Å². The molecule has 1 aromatic heterocycles. The summed E-state index contributed by atoms with van der Waals surface area (Å²) in [6.07, 6.45) is 0. The van der Waals surface area contributed by atoms with Crippen molar-refractivity contribution in [3.05, 3.63) is 10.6 Å². The van der Waals surface area contributed by atoms with Gasteiger partial charge in [-0.1, -0.05) is 0 Å². The summed E-state index contributed by atoms with van der Waals surface area (Å²) in [4.78, 5) is 27.2. The summed E-state index contributed by atoms with van der Waals surface area (Å²) in [6, 6.07) is -0.532. The van der Waals surface area contributed by atoms with Crippen LogP contribution in [0.25, 0.3) is 0 Å². The summed E-state index contributed by atoms with van der Waals surface area (Å²) in [7, 11) is 0. The number of thiazole rings is 1. The second-order valence-corrected chi connectivity index (χ2v) is 4.62. The maximum atomic E-state index is 11.5. The fourth-order valence-corrected chi connectivity index (χ4v) is 1.99. The smallest absolute Gasteiger partial charge is 0.358 e. The molecule has 94 valence electrons. The molecule has 0 aliphatic rings. The van der Waals surface area contributed by atoms with E-state index in [0.29, 0.717) is 11.7 Å². The van der Waals surface area contributed by atoms with Gasteiger partial charge in [-0.25, -0.2) is 9.78 Å². The number of nitrogens with one attached hydrogen (secondary N) is 1. The number of hydrogen-bond acceptors (Lipinski definition) is 6. The Morgan fingerprint density at radius 1 is 1.59 bits per heavy atom. The lowest BCUT2D eigenvalue weighted by molar-refractivity contribution is -0.118. The van der Waals surface area contributed by atoms with Gasteiger partial charge in [0.2, 0.25) is 5.91 Å². The highest BCUT2D eigenvalue weighted by Gasteiger charge is 2.18. The number of nitrogens with two attached hydrogens (primary N) is 1. The Morgan fingerprint density at radius 2 is 2.24 bits per heavy atom. The highest BCUT2D eigenvalue weighted by atomic mass is 32.1. The first-order valence-electron chi connectivity index (χ1n) is 5.16. The van der Waals surface area contributed by atoms with Crippen LogP contribution >= 0.6 is 11.3 Å². The summed E-state index contributed by atoms with van der Waals surface area (Å²) in [5, 5.41) is 3.31. The molecule has 0 aliphatic heterocycles. The van der Waals surface area contributed by atoms with E-state index in [1.807, 2.05) is 0 Å². The molecule has 0 fully saturated rings. The molecule has 0 aromatic carbocycles. The number of amides is 1. The van der Waals surface area contributed by atoms with Crippen LogP contribution in [-0.2, 0) is 9.53 Å². The number of ether oxygens (including phenoxy) is 1. The minimum atomic E-state index is -0.532. The van der Waals surface area contributed by atoms with Crippen molar-refractivity contribution in [3.8, 4) is 0 Å². The number of hydrogen-bond donors (Lipinski definition) is 2. The van der Waals surface area contributed by atoms with Crippen LogP contribution in [0, 0.1) is 6.92 Å². The number of primary amides is 1. The number of carbonyl (C=O) groups excluding carboxylic acids is 2. The van der Waals surface area contributed by atoms with Crippen molar-refractivity contribution in [3.63, 3.8) is 0 Å². The molecule has 1 atom stereocenters. The zero-order chi connectivity index (χ0) is 13.0. The van der Waals surface area contributed by atoms with E-state index in [4.69, 9.17) is 10.5 Å². The summed E-state index contributed by atoms with van der Waals surface area (Å²) >= 11 is 1.28. The Bertz CT molecular complexity index is 430. The van der Waals surface area contributed by atoms with E-state index < -0.39 is 17.9 Å². The lowest BCUT2D eigenvalue weighted by Gasteiger charge is -2.07. The molecule has 0 bridgehead atoms. The van der Waals surface area contributed by atoms with Gasteiger partial charge in [0.25, 0.3) is 0 Å². The van der Waals surface area contributed by atoms with Crippen molar-refractivity contribution >= 4 is 28.3 Å². The van der Waals surface area contributed by atoms with E-state index in [0.717, 1.165) is 4.88 Å². The average Bonchev–Trinajstić information content (AvgIpc) is 2.59. The Kier molecular flexibility index (Phi) is 4.45. The van der Waals surface area contributed by atoms with Crippen LogP contribution in [-0.4, -0.2) is 29.5 Å². The Balaban J connectivity index is 2.81. The maximum absolute atomic E-state index is 11.5. The van der Waals surface area contributed by atoms with Crippen LogP contribution in [0.1, 0.15) is 29.2 Å². The Hall–Kier alpha value is -1.63. The fraction of sp³-hybridized carbons (Fsp3) is 0.500. The minimum Gasteiger partial charge on any atom is -0.461 e. The molecule has 1 rings (SSSR count). The van der Waals surface area contributed by atoms with Gasteiger partial charge in [0.05, 0.1) is 6.61 Å². The number of rotatable bonds is 5. The largest absolute Gasteiger partial charge is 0.461 e. The SMILES string of the molecule is CCOC(=O)c1nc(NC(C)C(N)=O)sc1C. The fourth-order valence-electron chi connectivity index (χ4n) is 1.10. The van der Waals surface area contributed by atoms with Gasteiger partial charge in [-0.05, 0) is 20.8 Å². The highest BCUT2D eigenvalue weighted by Crippen LogP contribution is 2.23. The molecule has 0 radical (unpaired) electrons. The van der Waals surface area contributed by atoms with Gasteiger partial charge >= 0.3 is 5.97 Å². The Labute approximate surface area is 103 Å². The van der Waals surface area contributed by atoms with Crippen molar-refractivity contribution in [1.82, 2.24) is 4.98 Å². The number of aromatic nitrogens is 1. The van der Waals surface area contributed by atoms with E-state index in [2.05, 4.69) is 10.3 Å². The van der Waals surface area contributed by atoms with Crippen molar-refractivity contribution in [2.75, 3.05) is 11.9 Å². The number of nitrogens with zero attached hydrogens (tertiary/aromatic N) is 1. The number of aryl methyl sites for hydroxylation is 1. The van der Waals surface area contributed by atoms with Crippen molar-refractivity contribution in [2.24, 2.45) is 5.73 Å². The maximum Gasteiger partial charge on any atom is 0.358 e. The third-order valence-corrected chi connectivity index (χ3v) is 2.93. The predicted molar refractivity (Wildman–Crippen MR) is 65.1 cm³/mol. The van der Waals surface area contributed by atoms with Gasteiger partial charge in [0.15, 0.2) is 10.8 Å². The summed E-state index contributed by atoms with van der Waals surface area (Å²) in [5.41, 5.74) is 5.39. The van der Waals surface area contributed by atoms with Crippen LogP contribution in [0.15, 0.2) is 0 Å². The predicted octanol–water partition coefficient (Wildman–Crippen LogP) is 0.914. The second-order valence-electron chi connectivity index (χ2n) is 3.41. The van der Waals surface area contributed by atoms with Gasteiger partial charge < -0.3 is 15.8 Å². The van der Waals surface area contributed by atoms with E-state index in [9.17, 15) is 9.59 Å². The molecule has 1 unspecified atom stereocenters. The molecule has 0 saturated carbocycles. The molecule has 1 amide bonds. The van der Waals surface area contributed by atoms with E-state index in [1.165, 1.54) is 11.3 Å². The molecule has 7 heteroatoms. The molecule has 0 saturated heterocycles. The third-order valence-electron chi connectivity index (χ3n) is 2.03. The molecule has 0 spiro atoms.